The molecule has 3 heterocycles. The Bertz CT molecular complexity index is 838. The fraction of sp³-hybridized carbons (Fsp3) is 0.652. The molecule has 4 atom stereocenters. The van der Waals surface area contributed by atoms with Crippen LogP contribution in [0.3, 0.4) is 0 Å². The maximum atomic E-state index is 13.3. The Hall–Kier alpha value is -2.46. The number of amides is 3. The van der Waals surface area contributed by atoms with Crippen LogP contribution in [-0.4, -0.2) is 73.0 Å². The fourth-order valence-corrected chi connectivity index (χ4v) is 5.13. The van der Waals surface area contributed by atoms with E-state index >= 15 is 0 Å². The lowest BCUT2D eigenvalue weighted by Crippen LogP contribution is -2.61. The van der Waals surface area contributed by atoms with Crippen molar-refractivity contribution in [3.8, 4) is 0 Å². The molecular formula is C23H34N4O5S. The topological polar surface area (TPSA) is 117 Å². The molecule has 3 rings (SSSR count). The van der Waals surface area contributed by atoms with Gasteiger partial charge in [0.1, 0.15) is 12.1 Å². The lowest BCUT2D eigenvalue weighted by molar-refractivity contribution is -0.149. The van der Waals surface area contributed by atoms with E-state index < -0.39 is 24.0 Å². The van der Waals surface area contributed by atoms with Crippen LogP contribution in [0.15, 0.2) is 17.5 Å². The molecular weight excluding hydrogens is 444 g/mol. The number of hydrogen-bond acceptors (Lipinski definition) is 7. The molecule has 2 aliphatic rings. The number of piperidine rings is 1. The van der Waals surface area contributed by atoms with Crippen LogP contribution in [0.5, 0.6) is 0 Å². The summed E-state index contributed by atoms with van der Waals surface area (Å²) in [5.74, 6) is -1.30. The Morgan fingerprint density at radius 1 is 1.27 bits per heavy atom. The van der Waals surface area contributed by atoms with E-state index in [1.807, 2.05) is 31.4 Å². The number of esters is 1. The molecule has 3 N–H and O–H groups in total. The molecule has 2 saturated heterocycles. The Morgan fingerprint density at radius 3 is 2.67 bits per heavy atom. The zero-order valence-corrected chi connectivity index (χ0v) is 20.3. The molecule has 1 aromatic heterocycles. The van der Waals surface area contributed by atoms with Gasteiger partial charge in [-0.15, -0.1) is 11.3 Å². The summed E-state index contributed by atoms with van der Waals surface area (Å²) < 4.78 is 4.84. The third kappa shape index (κ3) is 6.54. The van der Waals surface area contributed by atoms with Crippen LogP contribution in [0.4, 0.5) is 0 Å². The fourth-order valence-electron chi connectivity index (χ4n) is 4.43. The minimum absolute atomic E-state index is 0.102. The van der Waals surface area contributed by atoms with Crippen LogP contribution in [0.1, 0.15) is 44.4 Å². The molecule has 0 unspecified atom stereocenters. The molecule has 2 fully saturated rings. The van der Waals surface area contributed by atoms with E-state index in [2.05, 4.69) is 16.0 Å². The van der Waals surface area contributed by atoms with Crippen molar-refractivity contribution >= 4 is 35.0 Å². The van der Waals surface area contributed by atoms with E-state index in [4.69, 9.17) is 4.74 Å². The summed E-state index contributed by atoms with van der Waals surface area (Å²) in [6, 6.07) is 1.71. The third-order valence-electron chi connectivity index (χ3n) is 6.25. The molecule has 9 nitrogen and oxygen atoms in total. The van der Waals surface area contributed by atoms with Crippen molar-refractivity contribution in [3.63, 3.8) is 0 Å². The molecule has 0 bridgehead atoms. The van der Waals surface area contributed by atoms with Crippen molar-refractivity contribution in [2.45, 2.75) is 70.1 Å². The number of hydrogen-bond donors (Lipinski definition) is 3. The van der Waals surface area contributed by atoms with Crippen LogP contribution < -0.4 is 16.0 Å². The standard InChI is InChI=1S/C23H34N4O5S/c1-14(2)20(23(31)32-3)26-21(29)18-12-15(25-19(28)13-16-6-5-11-33-16)8-10-27(18)22(30)17-7-4-9-24-17/h5-6,11,14-15,17-18,20,24H,4,7-10,12-13H2,1-3H3,(H,25,28)(H,26,29)/t15-,17+,18+,20+/m0/s1. The number of carbonyl (C=O) groups is 4. The van der Waals surface area contributed by atoms with Crippen molar-refractivity contribution in [3.05, 3.63) is 22.4 Å². The van der Waals surface area contributed by atoms with Gasteiger partial charge in [0, 0.05) is 17.5 Å². The second-order valence-corrected chi connectivity index (χ2v) is 10.0. The first kappa shape index (κ1) is 25.2. The summed E-state index contributed by atoms with van der Waals surface area (Å²) in [5.41, 5.74) is 0. The van der Waals surface area contributed by atoms with E-state index in [1.165, 1.54) is 18.4 Å². The first-order valence-electron chi connectivity index (χ1n) is 11.5. The van der Waals surface area contributed by atoms with Crippen molar-refractivity contribution in [1.82, 2.24) is 20.9 Å². The second-order valence-electron chi connectivity index (χ2n) is 8.99. The highest BCUT2D eigenvalue weighted by molar-refractivity contribution is 7.10. The minimum Gasteiger partial charge on any atom is -0.467 e. The van der Waals surface area contributed by atoms with Crippen molar-refractivity contribution < 1.29 is 23.9 Å². The van der Waals surface area contributed by atoms with Crippen LogP contribution in [0.25, 0.3) is 0 Å². The lowest BCUT2D eigenvalue weighted by atomic mass is 9.94. The number of nitrogens with one attached hydrogen (secondary N) is 3. The van der Waals surface area contributed by atoms with Crippen molar-refractivity contribution in [1.29, 1.82) is 0 Å². The summed E-state index contributed by atoms with van der Waals surface area (Å²) >= 11 is 1.52. The van der Waals surface area contributed by atoms with Gasteiger partial charge in [0.2, 0.25) is 17.7 Å². The quantitative estimate of drug-likeness (QED) is 0.477. The predicted octanol–water partition coefficient (Wildman–Crippen LogP) is 0.832. The highest BCUT2D eigenvalue weighted by Crippen LogP contribution is 2.22. The predicted molar refractivity (Wildman–Crippen MR) is 124 cm³/mol. The van der Waals surface area contributed by atoms with Gasteiger partial charge in [0.05, 0.1) is 19.6 Å². The average molecular weight is 479 g/mol. The zero-order chi connectivity index (χ0) is 24.0. The number of ether oxygens (including phenoxy) is 1. The Morgan fingerprint density at radius 2 is 2.06 bits per heavy atom. The van der Waals surface area contributed by atoms with Crippen LogP contribution in [0, 0.1) is 5.92 Å². The molecule has 10 heteroatoms. The van der Waals surface area contributed by atoms with Gasteiger partial charge in [-0.1, -0.05) is 19.9 Å². The van der Waals surface area contributed by atoms with Crippen LogP contribution >= 0.6 is 11.3 Å². The van der Waals surface area contributed by atoms with Gasteiger partial charge >= 0.3 is 5.97 Å². The first-order valence-corrected chi connectivity index (χ1v) is 12.4. The van der Waals surface area contributed by atoms with Gasteiger partial charge in [-0.05, 0) is 49.6 Å². The number of thiophene rings is 1. The molecule has 0 saturated carbocycles. The maximum absolute atomic E-state index is 13.3. The lowest BCUT2D eigenvalue weighted by Gasteiger charge is -2.40. The third-order valence-corrected chi connectivity index (χ3v) is 7.12. The van der Waals surface area contributed by atoms with E-state index in [-0.39, 0.29) is 36.2 Å². The van der Waals surface area contributed by atoms with Gasteiger partial charge in [0.15, 0.2) is 0 Å². The average Bonchev–Trinajstić information content (AvgIpc) is 3.50. The monoisotopic (exact) mass is 478 g/mol. The second kappa shape index (κ2) is 11.6. The van der Waals surface area contributed by atoms with Gasteiger partial charge in [0.25, 0.3) is 0 Å². The van der Waals surface area contributed by atoms with Crippen molar-refractivity contribution in [2.75, 3.05) is 20.2 Å². The number of methoxy groups -OCH3 is 1. The molecule has 2 aliphatic heterocycles. The molecule has 0 radical (unpaired) electrons. The highest BCUT2D eigenvalue weighted by Gasteiger charge is 2.41. The largest absolute Gasteiger partial charge is 0.467 e. The molecule has 0 aliphatic carbocycles. The van der Waals surface area contributed by atoms with Gasteiger partial charge in [-0.25, -0.2) is 4.79 Å². The summed E-state index contributed by atoms with van der Waals surface area (Å²) in [6.07, 6.45) is 2.81. The summed E-state index contributed by atoms with van der Waals surface area (Å²) in [7, 11) is 1.28. The van der Waals surface area contributed by atoms with Gasteiger partial charge in [-0.3, -0.25) is 14.4 Å². The Labute approximate surface area is 198 Å². The van der Waals surface area contributed by atoms with Gasteiger partial charge in [-0.2, -0.15) is 0 Å². The SMILES string of the molecule is COC(=O)[C@H](NC(=O)[C@H]1C[C@@H](NC(=O)Cc2cccs2)CCN1C(=O)[C@H]1CCCN1)C(C)C. The summed E-state index contributed by atoms with van der Waals surface area (Å²) in [5, 5.41) is 10.9. The smallest absolute Gasteiger partial charge is 0.328 e. The Kier molecular flexibility index (Phi) is 8.85. The van der Waals surface area contributed by atoms with Crippen LogP contribution in [-0.2, 0) is 30.3 Å². The van der Waals surface area contributed by atoms with E-state index in [9.17, 15) is 19.2 Å². The number of carbonyl (C=O) groups excluding carboxylic acids is 4. The van der Waals surface area contributed by atoms with Crippen molar-refractivity contribution in [2.24, 2.45) is 5.92 Å². The number of likely N-dealkylation sites (tertiary alicyclic amines) is 1. The van der Waals surface area contributed by atoms with E-state index in [0.29, 0.717) is 19.4 Å². The Balaban J connectivity index is 1.71. The molecule has 33 heavy (non-hydrogen) atoms. The molecule has 1 aromatic rings. The zero-order valence-electron chi connectivity index (χ0n) is 19.5. The normalized spacial score (nSPS) is 23.8. The highest BCUT2D eigenvalue weighted by atomic mass is 32.1. The summed E-state index contributed by atoms with van der Waals surface area (Å²) in [4.78, 5) is 53.7. The maximum Gasteiger partial charge on any atom is 0.328 e. The molecule has 0 spiro atoms. The molecule has 0 aromatic carbocycles. The number of rotatable bonds is 8. The molecule has 182 valence electrons. The summed E-state index contributed by atoms with van der Waals surface area (Å²) in [6.45, 7) is 4.79. The number of nitrogens with zero attached hydrogens (tertiary/aromatic N) is 1. The van der Waals surface area contributed by atoms with Crippen LogP contribution in [0.2, 0.25) is 0 Å². The van der Waals surface area contributed by atoms with E-state index in [1.54, 1.807) is 4.90 Å². The first-order chi connectivity index (χ1) is 15.8. The van der Waals surface area contributed by atoms with Gasteiger partial charge < -0.3 is 25.6 Å². The molecule has 3 amide bonds. The minimum atomic E-state index is -0.808. The van der Waals surface area contributed by atoms with E-state index in [0.717, 1.165) is 24.3 Å².